The Morgan fingerprint density at radius 1 is 1.42 bits per heavy atom. The van der Waals surface area contributed by atoms with Crippen LogP contribution in [0.3, 0.4) is 0 Å². The molecule has 1 aromatic rings. The summed E-state index contributed by atoms with van der Waals surface area (Å²) in [6, 6.07) is 4.18. The van der Waals surface area contributed by atoms with Crippen LogP contribution in [0.5, 0.6) is 0 Å². The van der Waals surface area contributed by atoms with E-state index in [0.717, 1.165) is 13.1 Å². The van der Waals surface area contributed by atoms with Gasteiger partial charge in [-0.15, -0.1) is 0 Å². The SMILES string of the molecule is CC1=C(c2ccc[nH]2)CNCC1. The third kappa shape index (κ3) is 1.30. The summed E-state index contributed by atoms with van der Waals surface area (Å²) in [6.45, 7) is 4.35. The molecule has 1 aromatic heterocycles. The highest BCUT2D eigenvalue weighted by molar-refractivity contribution is 5.67. The summed E-state index contributed by atoms with van der Waals surface area (Å²) < 4.78 is 0. The van der Waals surface area contributed by atoms with Gasteiger partial charge < -0.3 is 10.3 Å². The Morgan fingerprint density at radius 2 is 2.33 bits per heavy atom. The summed E-state index contributed by atoms with van der Waals surface area (Å²) in [5.74, 6) is 0. The van der Waals surface area contributed by atoms with Gasteiger partial charge in [-0.2, -0.15) is 0 Å². The minimum absolute atomic E-state index is 1.01. The zero-order chi connectivity index (χ0) is 8.39. The Balaban J connectivity index is 2.33. The fraction of sp³-hybridized carbons (Fsp3) is 0.400. The maximum absolute atomic E-state index is 3.38. The number of aromatic nitrogens is 1. The molecular formula is C10H14N2. The topological polar surface area (TPSA) is 27.8 Å². The average Bonchev–Trinajstić information content (AvgIpc) is 2.57. The van der Waals surface area contributed by atoms with Crippen LogP contribution in [0.15, 0.2) is 23.9 Å². The molecule has 12 heavy (non-hydrogen) atoms. The van der Waals surface area contributed by atoms with E-state index in [4.69, 9.17) is 0 Å². The number of hydrogen-bond donors (Lipinski definition) is 2. The van der Waals surface area contributed by atoms with Gasteiger partial charge in [-0.25, -0.2) is 0 Å². The molecule has 2 nitrogen and oxygen atoms in total. The van der Waals surface area contributed by atoms with Gasteiger partial charge in [0, 0.05) is 18.4 Å². The lowest BCUT2D eigenvalue weighted by atomic mass is 10.0. The molecule has 2 heterocycles. The summed E-state index contributed by atoms with van der Waals surface area (Å²) in [7, 11) is 0. The minimum Gasteiger partial charge on any atom is -0.361 e. The smallest absolute Gasteiger partial charge is 0.0425 e. The van der Waals surface area contributed by atoms with Crippen molar-refractivity contribution in [2.75, 3.05) is 13.1 Å². The largest absolute Gasteiger partial charge is 0.361 e. The predicted molar refractivity (Wildman–Crippen MR) is 50.9 cm³/mol. The summed E-state index contributed by atoms with van der Waals surface area (Å²) >= 11 is 0. The molecule has 0 fully saturated rings. The summed E-state index contributed by atoms with van der Waals surface area (Å²) in [6.07, 6.45) is 3.15. The predicted octanol–water partition coefficient (Wildman–Crippen LogP) is 1.78. The first-order valence-corrected chi connectivity index (χ1v) is 4.41. The lowest BCUT2D eigenvalue weighted by Gasteiger charge is -2.17. The highest BCUT2D eigenvalue weighted by Crippen LogP contribution is 2.20. The molecule has 0 atom stereocenters. The highest BCUT2D eigenvalue weighted by atomic mass is 14.9. The Hall–Kier alpha value is -1.02. The van der Waals surface area contributed by atoms with Crippen LogP contribution in [-0.4, -0.2) is 18.1 Å². The maximum Gasteiger partial charge on any atom is 0.0425 e. The van der Waals surface area contributed by atoms with Crippen LogP contribution in [0, 0.1) is 0 Å². The Kier molecular flexibility index (Phi) is 2.00. The Bertz CT molecular complexity index is 283. The van der Waals surface area contributed by atoms with E-state index >= 15 is 0 Å². The first-order chi connectivity index (χ1) is 5.88. The van der Waals surface area contributed by atoms with Crippen molar-refractivity contribution >= 4 is 5.57 Å². The lowest BCUT2D eigenvalue weighted by molar-refractivity contribution is 0.714. The van der Waals surface area contributed by atoms with E-state index < -0.39 is 0 Å². The lowest BCUT2D eigenvalue weighted by Crippen LogP contribution is -2.23. The summed E-state index contributed by atoms with van der Waals surface area (Å²) in [5, 5.41) is 3.38. The molecule has 0 unspecified atom stereocenters. The molecule has 1 aliphatic rings. The van der Waals surface area contributed by atoms with Crippen LogP contribution >= 0.6 is 0 Å². The molecule has 2 N–H and O–H groups in total. The number of rotatable bonds is 1. The van der Waals surface area contributed by atoms with Gasteiger partial charge in [0.2, 0.25) is 0 Å². The average molecular weight is 162 g/mol. The molecule has 0 aromatic carbocycles. The first-order valence-electron chi connectivity index (χ1n) is 4.41. The summed E-state index contributed by atoms with van der Waals surface area (Å²) in [5.41, 5.74) is 4.21. The van der Waals surface area contributed by atoms with E-state index in [9.17, 15) is 0 Å². The van der Waals surface area contributed by atoms with Crippen molar-refractivity contribution in [1.29, 1.82) is 0 Å². The van der Waals surface area contributed by atoms with Crippen LogP contribution in [0.4, 0.5) is 0 Å². The zero-order valence-electron chi connectivity index (χ0n) is 7.35. The van der Waals surface area contributed by atoms with Gasteiger partial charge in [0.25, 0.3) is 0 Å². The molecule has 2 heteroatoms. The van der Waals surface area contributed by atoms with Crippen molar-refractivity contribution in [3.63, 3.8) is 0 Å². The molecule has 2 rings (SSSR count). The van der Waals surface area contributed by atoms with E-state index in [1.165, 1.54) is 23.3 Å². The second-order valence-corrected chi connectivity index (χ2v) is 3.27. The van der Waals surface area contributed by atoms with Gasteiger partial charge in [0.15, 0.2) is 0 Å². The van der Waals surface area contributed by atoms with E-state index in [-0.39, 0.29) is 0 Å². The number of aromatic amines is 1. The third-order valence-electron chi connectivity index (χ3n) is 2.42. The van der Waals surface area contributed by atoms with Gasteiger partial charge in [0.1, 0.15) is 0 Å². The standard InChI is InChI=1S/C10H14N2/c1-8-4-6-11-7-9(8)10-3-2-5-12-10/h2-3,5,11-12H,4,6-7H2,1H3. The van der Waals surface area contributed by atoms with Gasteiger partial charge in [0.05, 0.1) is 0 Å². The number of nitrogens with one attached hydrogen (secondary N) is 2. The van der Waals surface area contributed by atoms with Crippen molar-refractivity contribution in [1.82, 2.24) is 10.3 Å². The maximum atomic E-state index is 3.38. The van der Waals surface area contributed by atoms with E-state index in [1.54, 1.807) is 0 Å². The van der Waals surface area contributed by atoms with Crippen molar-refractivity contribution in [2.45, 2.75) is 13.3 Å². The van der Waals surface area contributed by atoms with Crippen molar-refractivity contribution in [3.8, 4) is 0 Å². The van der Waals surface area contributed by atoms with Crippen LogP contribution in [-0.2, 0) is 0 Å². The molecule has 0 aliphatic carbocycles. The van der Waals surface area contributed by atoms with Crippen molar-refractivity contribution < 1.29 is 0 Å². The van der Waals surface area contributed by atoms with Crippen LogP contribution < -0.4 is 5.32 Å². The highest BCUT2D eigenvalue weighted by Gasteiger charge is 2.10. The molecule has 0 bridgehead atoms. The van der Waals surface area contributed by atoms with E-state index in [1.807, 2.05) is 12.3 Å². The Labute approximate surface area is 72.7 Å². The molecule has 0 saturated heterocycles. The second-order valence-electron chi connectivity index (χ2n) is 3.27. The van der Waals surface area contributed by atoms with Gasteiger partial charge in [-0.3, -0.25) is 0 Å². The number of hydrogen-bond acceptors (Lipinski definition) is 1. The molecule has 0 spiro atoms. The summed E-state index contributed by atoms with van der Waals surface area (Å²) in [4.78, 5) is 3.24. The van der Waals surface area contributed by atoms with Crippen molar-refractivity contribution in [3.05, 3.63) is 29.6 Å². The fourth-order valence-corrected chi connectivity index (χ4v) is 1.63. The molecule has 0 saturated carbocycles. The van der Waals surface area contributed by atoms with E-state index in [0.29, 0.717) is 0 Å². The van der Waals surface area contributed by atoms with Crippen LogP contribution in [0.25, 0.3) is 5.57 Å². The molecule has 1 aliphatic heterocycles. The van der Waals surface area contributed by atoms with Crippen LogP contribution in [0.1, 0.15) is 19.0 Å². The third-order valence-corrected chi connectivity index (χ3v) is 2.42. The quantitative estimate of drug-likeness (QED) is 0.647. The molecule has 0 amide bonds. The zero-order valence-corrected chi connectivity index (χ0v) is 7.35. The first kappa shape index (κ1) is 7.62. The normalized spacial score (nSPS) is 18.4. The van der Waals surface area contributed by atoms with Crippen molar-refractivity contribution in [2.24, 2.45) is 0 Å². The van der Waals surface area contributed by atoms with E-state index in [2.05, 4.69) is 23.3 Å². The molecule has 0 radical (unpaired) electrons. The van der Waals surface area contributed by atoms with Gasteiger partial charge in [-0.05, 0) is 37.6 Å². The second kappa shape index (κ2) is 3.15. The Morgan fingerprint density at radius 3 is 3.00 bits per heavy atom. The van der Waals surface area contributed by atoms with Gasteiger partial charge >= 0.3 is 0 Å². The fourth-order valence-electron chi connectivity index (χ4n) is 1.63. The number of H-pyrrole nitrogens is 1. The molecular weight excluding hydrogens is 148 g/mol. The minimum atomic E-state index is 1.01. The van der Waals surface area contributed by atoms with Crippen LogP contribution in [0.2, 0.25) is 0 Å². The van der Waals surface area contributed by atoms with Gasteiger partial charge in [-0.1, -0.05) is 5.57 Å². The molecule has 64 valence electrons. The monoisotopic (exact) mass is 162 g/mol.